The number of aromatic nitrogens is 3. The number of benzene rings is 1. The lowest BCUT2D eigenvalue weighted by molar-refractivity contribution is 0.148. The lowest BCUT2D eigenvalue weighted by atomic mass is 9.94. The number of nitrogens with zero attached hydrogens (tertiary/aromatic N) is 5. The molecule has 3 heterocycles. The molecule has 1 aromatic carbocycles. The van der Waals surface area contributed by atoms with E-state index in [2.05, 4.69) is 21.9 Å². The van der Waals surface area contributed by atoms with E-state index in [-0.39, 0.29) is 0 Å². The minimum atomic E-state index is 0.796. The molecule has 0 spiro atoms. The van der Waals surface area contributed by atoms with Crippen molar-refractivity contribution >= 4 is 11.3 Å². The summed E-state index contributed by atoms with van der Waals surface area (Å²) in [4.78, 5) is 9.86. The minimum absolute atomic E-state index is 0.796. The van der Waals surface area contributed by atoms with E-state index in [1.165, 1.54) is 32.1 Å². The summed E-state index contributed by atoms with van der Waals surface area (Å²) in [5.41, 5.74) is 3.07. The molecule has 0 unspecified atom stereocenters. The summed E-state index contributed by atoms with van der Waals surface area (Å²) in [7, 11) is 1.69. The molecule has 0 bridgehead atoms. The van der Waals surface area contributed by atoms with Gasteiger partial charge in [-0.3, -0.25) is 4.90 Å². The lowest BCUT2D eigenvalue weighted by Gasteiger charge is -2.41. The van der Waals surface area contributed by atoms with Crippen LogP contribution in [0.3, 0.4) is 0 Å². The van der Waals surface area contributed by atoms with Crippen LogP contribution >= 0.6 is 0 Å². The molecule has 2 fully saturated rings. The number of piperazine rings is 1. The van der Waals surface area contributed by atoms with Gasteiger partial charge in [-0.2, -0.15) is 5.10 Å². The highest BCUT2D eigenvalue weighted by atomic mass is 16.5. The maximum Gasteiger partial charge on any atom is 0.154 e. The molecule has 0 radical (unpaired) electrons. The van der Waals surface area contributed by atoms with Gasteiger partial charge in [0.1, 0.15) is 11.3 Å². The van der Waals surface area contributed by atoms with Crippen molar-refractivity contribution in [3.05, 3.63) is 42.7 Å². The Hall–Kier alpha value is -2.60. The van der Waals surface area contributed by atoms with Gasteiger partial charge in [0.2, 0.25) is 0 Å². The van der Waals surface area contributed by atoms with Crippen molar-refractivity contribution in [3.8, 4) is 17.0 Å². The molecule has 1 aliphatic carbocycles. The Morgan fingerprint density at radius 1 is 1.00 bits per heavy atom. The molecule has 1 aliphatic heterocycles. The molecular weight excluding hydrogens is 362 g/mol. The van der Waals surface area contributed by atoms with Gasteiger partial charge in [-0.15, -0.1) is 0 Å². The number of anilines is 1. The average molecular weight is 392 g/mol. The monoisotopic (exact) mass is 391 g/mol. The summed E-state index contributed by atoms with van der Waals surface area (Å²) in [5, 5.41) is 4.79. The average Bonchev–Trinajstić information content (AvgIpc) is 3.24. The third-order valence-corrected chi connectivity index (χ3v) is 6.44. The summed E-state index contributed by atoms with van der Waals surface area (Å²) >= 11 is 0. The van der Waals surface area contributed by atoms with Crippen LogP contribution in [0.2, 0.25) is 0 Å². The molecule has 152 valence electrons. The maximum absolute atomic E-state index is 5.37. The number of hydrogen-bond donors (Lipinski definition) is 0. The van der Waals surface area contributed by atoms with E-state index < -0.39 is 0 Å². The van der Waals surface area contributed by atoms with Crippen molar-refractivity contribution in [1.29, 1.82) is 0 Å². The van der Waals surface area contributed by atoms with Crippen LogP contribution in [0, 0.1) is 0 Å². The van der Waals surface area contributed by atoms with Gasteiger partial charge < -0.3 is 9.64 Å². The SMILES string of the molecule is COc1cccc(-c2cc3c(N4CCN(C5CCCCC5)CC4)nccn3n2)c1. The largest absolute Gasteiger partial charge is 0.497 e. The van der Waals surface area contributed by atoms with Gasteiger partial charge in [0.25, 0.3) is 0 Å². The first kappa shape index (κ1) is 18.4. The highest BCUT2D eigenvalue weighted by Crippen LogP contribution is 2.29. The van der Waals surface area contributed by atoms with E-state index in [0.717, 1.165) is 60.6 Å². The van der Waals surface area contributed by atoms with E-state index in [9.17, 15) is 0 Å². The molecule has 0 N–H and O–H groups in total. The summed E-state index contributed by atoms with van der Waals surface area (Å²) in [6.45, 7) is 4.32. The van der Waals surface area contributed by atoms with Gasteiger partial charge in [-0.1, -0.05) is 31.4 Å². The predicted molar refractivity (Wildman–Crippen MR) is 116 cm³/mol. The zero-order valence-electron chi connectivity index (χ0n) is 17.1. The first-order chi connectivity index (χ1) is 14.3. The molecule has 0 amide bonds. The second kappa shape index (κ2) is 8.03. The first-order valence-electron chi connectivity index (χ1n) is 10.8. The third kappa shape index (κ3) is 3.69. The predicted octanol–water partition coefficient (Wildman–Crippen LogP) is 3.86. The smallest absolute Gasteiger partial charge is 0.154 e. The molecule has 3 aromatic rings. The number of fused-ring (bicyclic) bond motifs is 1. The highest BCUT2D eigenvalue weighted by molar-refractivity contribution is 5.75. The van der Waals surface area contributed by atoms with Gasteiger partial charge >= 0.3 is 0 Å². The Morgan fingerprint density at radius 2 is 1.83 bits per heavy atom. The Labute approximate surface area is 172 Å². The van der Waals surface area contributed by atoms with Crippen molar-refractivity contribution < 1.29 is 4.74 Å². The fourth-order valence-electron chi connectivity index (χ4n) is 4.82. The topological polar surface area (TPSA) is 45.9 Å². The summed E-state index contributed by atoms with van der Waals surface area (Å²) in [5.74, 6) is 1.88. The van der Waals surface area contributed by atoms with Crippen molar-refractivity contribution in [3.63, 3.8) is 0 Å². The molecule has 1 saturated heterocycles. The number of ether oxygens (including phenoxy) is 1. The molecule has 6 nitrogen and oxygen atoms in total. The van der Waals surface area contributed by atoms with Gasteiger partial charge in [0.15, 0.2) is 5.82 Å². The van der Waals surface area contributed by atoms with Crippen molar-refractivity contribution in [1.82, 2.24) is 19.5 Å². The zero-order chi connectivity index (χ0) is 19.6. The van der Waals surface area contributed by atoms with E-state index in [4.69, 9.17) is 14.8 Å². The first-order valence-corrected chi connectivity index (χ1v) is 10.8. The lowest BCUT2D eigenvalue weighted by Crippen LogP contribution is -2.51. The highest BCUT2D eigenvalue weighted by Gasteiger charge is 2.26. The van der Waals surface area contributed by atoms with Gasteiger partial charge in [-0.05, 0) is 31.0 Å². The second-order valence-corrected chi connectivity index (χ2v) is 8.16. The van der Waals surface area contributed by atoms with Gasteiger partial charge in [0.05, 0.1) is 12.8 Å². The Morgan fingerprint density at radius 3 is 2.62 bits per heavy atom. The van der Waals surface area contributed by atoms with Crippen LogP contribution in [-0.2, 0) is 0 Å². The second-order valence-electron chi connectivity index (χ2n) is 8.16. The van der Waals surface area contributed by atoms with E-state index >= 15 is 0 Å². The molecule has 2 aliphatic rings. The molecule has 5 rings (SSSR count). The molecule has 2 aromatic heterocycles. The Kier molecular flexibility index (Phi) is 5.10. The van der Waals surface area contributed by atoms with Crippen LogP contribution in [0.1, 0.15) is 32.1 Å². The van der Waals surface area contributed by atoms with Crippen molar-refractivity contribution in [2.45, 2.75) is 38.1 Å². The number of hydrogen-bond acceptors (Lipinski definition) is 5. The third-order valence-electron chi connectivity index (χ3n) is 6.44. The molecule has 29 heavy (non-hydrogen) atoms. The standard InChI is InChI=1S/C23H29N5O/c1-29-20-9-5-6-18(16-20)21-17-22-23(24-10-11-28(22)25-21)27-14-12-26(13-15-27)19-7-3-2-4-8-19/h5-6,9-11,16-17,19H,2-4,7-8,12-15H2,1H3. The van der Waals surface area contributed by atoms with Crippen LogP contribution in [-0.4, -0.2) is 58.8 Å². The minimum Gasteiger partial charge on any atom is -0.497 e. The fourth-order valence-corrected chi connectivity index (χ4v) is 4.82. The quantitative estimate of drug-likeness (QED) is 0.676. The van der Waals surface area contributed by atoms with E-state index in [1.807, 2.05) is 35.1 Å². The molecule has 0 atom stereocenters. The zero-order valence-corrected chi connectivity index (χ0v) is 17.1. The van der Waals surface area contributed by atoms with Crippen LogP contribution in [0.5, 0.6) is 5.75 Å². The molecule has 6 heteroatoms. The summed E-state index contributed by atoms with van der Waals surface area (Å²) in [6, 6.07) is 11.0. The Balaban J connectivity index is 1.37. The number of methoxy groups -OCH3 is 1. The molecule has 1 saturated carbocycles. The van der Waals surface area contributed by atoms with Crippen LogP contribution < -0.4 is 9.64 Å². The van der Waals surface area contributed by atoms with Crippen LogP contribution in [0.4, 0.5) is 5.82 Å². The van der Waals surface area contributed by atoms with Crippen LogP contribution in [0.15, 0.2) is 42.7 Å². The van der Waals surface area contributed by atoms with E-state index in [0.29, 0.717) is 0 Å². The van der Waals surface area contributed by atoms with Crippen LogP contribution in [0.25, 0.3) is 16.8 Å². The summed E-state index contributed by atoms with van der Waals surface area (Å²) < 4.78 is 7.32. The van der Waals surface area contributed by atoms with Gasteiger partial charge in [-0.25, -0.2) is 9.50 Å². The molecular formula is C23H29N5O. The van der Waals surface area contributed by atoms with Crippen molar-refractivity contribution in [2.24, 2.45) is 0 Å². The fraction of sp³-hybridized carbons (Fsp3) is 0.478. The van der Waals surface area contributed by atoms with Crippen molar-refractivity contribution in [2.75, 3.05) is 38.2 Å². The maximum atomic E-state index is 5.37. The Bertz CT molecular complexity index is 970. The summed E-state index contributed by atoms with van der Waals surface area (Å²) in [6.07, 6.45) is 10.8. The normalized spacial score (nSPS) is 19.0. The number of rotatable bonds is 4. The van der Waals surface area contributed by atoms with E-state index in [1.54, 1.807) is 7.11 Å². The van der Waals surface area contributed by atoms with Gasteiger partial charge in [0, 0.05) is 50.2 Å².